The molecule has 4 heterocycles. The molecule has 1 aliphatic rings. The van der Waals surface area contributed by atoms with Crippen molar-refractivity contribution >= 4 is 28.4 Å². The van der Waals surface area contributed by atoms with Gasteiger partial charge in [0.15, 0.2) is 5.82 Å². The van der Waals surface area contributed by atoms with Crippen LogP contribution in [0.25, 0.3) is 27.7 Å². The standard InChI is InChI=1S/C23H24F4N8O2/c1-11(21(26)27)35-18-8-13(4-5-17(18)30-32-35)19-15(25)10-34-20(19)22(37-3)29-23(31-34)28-16-6-7-33(12(2)36)9-14(16)24/h4-5,8,10-11,14,16,21H,6-7,9H2,1-3H3,(H,28,31)/t11-,14-,16+/m1/s1. The Balaban J connectivity index is 1.52. The Morgan fingerprint density at radius 3 is 2.76 bits per heavy atom. The lowest BCUT2D eigenvalue weighted by atomic mass is 10.0. The Hall–Kier alpha value is -3.97. The van der Waals surface area contributed by atoms with E-state index in [2.05, 4.69) is 25.7 Å². The molecule has 0 saturated carbocycles. The van der Waals surface area contributed by atoms with Crippen LogP contribution in [0.15, 0.2) is 24.4 Å². The van der Waals surface area contributed by atoms with Crippen LogP contribution in [0.1, 0.15) is 26.3 Å². The van der Waals surface area contributed by atoms with E-state index in [1.807, 2.05) is 0 Å². The number of piperidine rings is 1. The minimum Gasteiger partial charge on any atom is -0.479 e. The van der Waals surface area contributed by atoms with Gasteiger partial charge < -0.3 is 15.0 Å². The molecule has 0 spiro atoms. The number of hydrogen-bond acceptors (Lipinski definition) is 7. The fourth-order valence-corrected chi connectivity index (χ4v) is 4.52. The first-order valence-corrected chi connectivity index (χ1v) is 11.6. The van der Waals surface area contributed by atoms with Crippen molar-refractivity contribution in [3.8, 4) is 17.0 Å². The van der Waals surface area contributed by atoms with E-state index in [1.165, 1.54) is 36.4 Å². The van der Waals surface area contributed by atoms with Crippen molar-refractivity contribution in [2.24, 2.45) is 0 Å². The van der Waals surface area contributed by atoms with Crippen molar-refractivity contribution in [1.29, 1.82) is 0 Å². The number of benzene rings is 1. The Morgan fingerprint density at radius 1 is 1.30 bits per heavy atom. The number of amides is 1. The van der Waals surface area contributed by atoms with Gasteiger partial charge in [0, 0.05) is 13.5 Å². The molecule has 1 saturated heterocycles. The molecule has 3 atom stereocenters. The first-order valence-electron chi connectivity index (χ1n) is 11.6. The van der Waals surface area contributed by atoms with Crippen LogP contribution in [0, 0.1) is 5.82 Å². The zero-order chi connectivity index (χ0) is 26.4. The van der Waals surface area contributed by atoms with Gasteiger partial charge in [-0.2, -0.15) is 4.98 Å². The normalized spacial score (nSPS) is 19.1. The zero-order valence-electron chi connectivity index (χ0n) is 20.2. The summed E-state index contributed by atoms with van der Waals surface area (Å²) in [6.45, 7) is 3.04. The third-order valence-corrected chi connectivity index (χ3v) is 6.56. The number of hydrogen-bond donors (Lipinski definition) is 1. The summed E-state index contributed by atoms with van der Waals surface area (Å²) in [5.74, 6) is -0.793. The molecule has 1 aromatic carbocycles. The van der Waals surface area contributed by atoms with Crippen molar-refractivity contribution in [2.75, 3.05) is 25.5 Å². The lowest BCUT2D eigenvalue weighted by Gasteiger charge is -2.34. The van der Waals surface area contributed by atoms with Crippen LogP contribution in [0.2, 0.25) is 0 Å². The molecule has 1 aliphatic heterocycles. The van der Waals surface area contributed by atoms with E-state index in [9.17, 15) is 18.0 Å². The van der Waals surface area contributed by atoms with E-state index in [1.54, 1.807) is 12.1 Å². The monoisotopic (exact) mass is 520 g/mol. The minimum absolute atomic E-state index is 0.0262. The van der Waals surface area contributed by atoms with Gasteiger partial charge in [0.25, 0.3) is 6.43 Å². The second kappa shape index (κ2) is 9.48. The number of aromatic nitrogens is 6. The predicted octanol–water partition coefficient (Wildman–Crippen LogP) is 3.49. The van der Waals surface area contributed by atoms with Crippen LogP contribution < -0.4 is 10.1 Å². The van der Waals surface area contributed by atoms with Gasteiger partial charge in [-0.15, -0.1) is 10.2 Å². The van der Waals surface area contributed by atoms with Gasteiger partial charge >= 0.3 is 0 Å². The molecule has 0 radical (unpaired) electrons. The molecule has 14 heteroatoms. The largest absolute Gasteiger partial charge is 0.479 e. The third kappa shape index (κ3) is 4.40. The Morgan fingerprint density at radius 2 is 2.08 bits per heavy atom. The Kier molecular flexibility index (Phi) is 6.33. The minimum atomic E-state index is -2.67. The quantitative estimate of drug-likeness (QED) is 0.389. The van der Waals surface area contributed by atoms with E-state index < -0.39 is 30.5 Å². The number of nitrogens with one attached hydrogen (secondary N) is 1. The summed E-state index contributed by atoms with van der Waals surface area (Å²) in [4.78, 5) is 17.3. The van der Waals surface area contributed by atoms with Crippen molar-refractivity contribution in [3.05, 3.63) is 30.2 Å². The van der Waals surface area contributed by atoms with Crippen LogP contribution in [0.5, 0.6) is 5.88 Å². The van der Waals surface area contributed by atoms with Crippen molar-refractivity contribution < 1.29 is 27.1 Å². The lowest BCUT2D eigenvalue weighted by molar-refractivity contribution is -0.131. The molecule has 0 aliphatic carbocycles. The van der Waals surface area contributed by atoms with Crippen LogP contribution in [0.4, 0.5) is 23.5 Å². The van der Waals surface area contributed by atoms with E-state index in [-0.39, 0.29) is 35.4 Å². The Bertz CT molecular complexity index is 1470. The van der Waals surface area contributed by atoms with E-state index in [0.717, 1.165) is 10.9 Å². The molecule has 0 bridgehead atoms. The highest BCUT2D eigenvalue weighted by molar-refractivity contribution is 5.89. The number of methoxy groups -OCH3 is 1. The second-order valence-electron chi connectivity index (χ2n) is 8.92. The first kappa shape index (κ1) is 24.7. The summed E-state index contributed by atoms with van der Waals surface area (Å²) in [6.07, 6.45) is -2.54. The summed E-state index contributed by atoms with van der Waals surface area (Å²) < 4.78 is 64.4. The average Bonchev–Trinajstić information content (AvgIpc) is 3.43. The summed E-state index contributed by atoms with van der Waals surface area (Å²) in [7, 11) is 1.36. The number of ether oxygens (including phenoxy) is 1. The van der Waals surface area contributed by atoms with Gasteiger partial charge in [-0.3, -0.25) is 4.79 Å². The number of anilines is 1. The molecule has 1 amide bonds. The molecule has 10 nitrogen and oxygen atoms in total. The van der Waals surface area contributed by atoms with Gasteiger partial charge in [-0.1, -0.05) is 11.3 Å². The molecule has 3 aromatic heterocycles. The topological polar surface area (TPSA) is 102 Å². The zero-order valence-corrected chi connectivity index (χ0v) is 20.2. The van der Waals surface area contributed by atoms with E-state index in [0.29, 0.717) is 29.6 Å². The van der Waals surface area contributed by atoms with Crippen molar-refractivity contribution in [3.63, 3.8) is 0 Å². The average molecular weight is 520 g/mol. The van der Waals surface area contributed by atoms with Crippen LogP contribution in [0.3, 0.4) is 0 Å². The van der Waals surface area contributed by atoms with Crippen LogP contribution >= 0.6 is 0 Å². The smallest absolute Gasteiger partial charge is 0.260 e. The van der Waals surface area contributed by atoms with Crippen molar-refractivity contribution in [1.82, 2.24) is 34.5 Å². The third-order valence-electron chi connectivity index (χ3n) is 6.56. The molecule has 37 heavy (non-hydrogen) atoms. The van der Waals surface area contributed by atoms with Crippen LogP contribution in [-0.4, -0.2) is 79.2 Å². The number of nitrogens with zero attached hydrogens (tertiary/aromatic N) is 7. The highest BCUT2D eigenvalue weighted by atomic mass is 19.3. The number of likely N-dealkylation sites (tertiary alicyclic amines) is 1. The molecule has 0 unspecified atom stereocenters. The highest BCUT2D eigenvalue weighted by Crippen LogP contribution is 2.36. The SMILES string of the molecule is COc1nc(N[C@H]2CCN(C(C)=O)C[C@H]2F)nn2cc(F)c(-c3ccc4nnn([C@H](C)C(F)F)c4c3)c12. The summed E-state index contributed by atoms with van der Waals surface area (Å²) in [5.41, 5.74) is 1.36. The number of halogens is 4. The fourth-order valence-electron chi connectivity index (χ4n) is 4.52. The van der Waals surface area contributed by atoms with Gasteiger partial charge in [-0.25, -0.2) is 26.8 Å². The van der Waals surface area contributed by atoms with Gasteiger partial charge in [-0.05, 0) is 31.0 Å². The molecule has 196 valence electrons. The fraction of sp³-hybridized carbons (Fsp3) is 0.435. The molecular formula is C23H24F4N8O2. The predicted molar refractivity (Wildman–Crippen MR) is 126 cm³/mol. The molecule has 1 N–H and O–H groups in total. The van der Waals surface area contributed by atoms with Gasteiger partial charge in [0.1, 0.15) is 23.2 Å². The summed E-state index contributed by atoms with van der Waals surface area (Å²) >= 11 is 0. The Labute approximate surface area is 208 Å². The molecule has 1 fully saturated rings. The molecule has 4 aromatic rings. The number of fused-ring (bicyclic) bond motifs is 2. The maximum absolute atomic E-state index is 15.3. The van der Waals surface area contributed by atoms with E-state index >= 15 is 4.39 Å². The molecule has 5 rings (SSSR count). The van der Waals surface area contributed by atoms with E-state index in [4.69, 9.17) is 4.74 Å². The van der Waals surface area contributed by atoms with Crippen molar-refractivity contribution in [2.45, 2.75) is 44.9 Å². The van der Waals surface area contributed by atoms with Crippen LogP contribution in [-0.2, 0) is 4.79 Å². The number of carbonyl (C=O) groups excluding carboxylic acids is 1. The highest BCUT2D eigenvalue weighted by Gasteiger charge is 2.31. The first-order chi connectivity index (χ1) is 17.7. The number of carbonyl (C=O) groups is 1. The van der Waals surface area contributed by atoms with Gasteiger partial charge in [0.2, 0.25) is 17.7 Å². The lowest BCUT2D eigenvalue weighted by Crippen LogP contribution is -2.49. The molecular weight excluding hydrogens is 496 g/mol. The van der Waals surface area contributed by atoms with Gasteiger partial charge in [0.05, 0.1) is 37.0 Å². The number of rotatable bonds is 6. The second-order valence-corrected chi connectivity index (χ2v) is 8.92. The number of alkyl halides is 3. The summed E-state index contributed by atoms with van der Waals surface area (Å²) in [5, 5.41) is 15.0. The maximum Gasteiger partial charge on any atom is 0.260 e. The summed E-state index contributed by atoms with van der Waals surface area (Å²) in [6, 6.07) is 2.80. The maximum atomic E-state index is 15.3.